The Morgan fingerprint density at radius 3 is 2.53 bits per heavy atom. The summed E-state index contributed by atoms with van der Waals surface area (Å²) in [4.78, 5) is -0.153. The fourth-order valence-electron chi connectivity index (χ4n) is 1.59. The van der Waals surface area contributed by atoms with Crippen molar-refractivity contribution in [3.8, 4) is 0 Å². The largest absolute Gasteiger partial charge is 0.744 e. The molecule has 0 aromatic heterocycles. The van der Waals surface area contributed by atoms with Crippen molar-refractivity contribution in [2.45, 2.75) is 11.8 Å². The van der Waals surface area contributed by atoms with Gasteiger partial charge in [0.15, 0.2) is 0 Å². The smallest absolute Gasteiger partial charge is 0.125 e. The first kappa shape index (κ1) is 10.1. The van der Waals surface area contributed by atoms with Gasteiger partial charge >= 0.3 is 0 Å². The maximum atomic E-state index is 11.0. The van der Waals surface area contributed by atoms with Gasteiger partial charge in [-0.15, -0.1) is 0 Å². The average Bonchev–Trinajstić information content (AvgIpc) is 2.15. The second kappa shape index (κ2) is 3.32. The van der Waals surface area contributed by atoms with Gasteiger partial charge < -0.3 is 4.55 Å². The molecule has 15 heavy (non-hydrogen) atoms. The Morgan fingerprint density at radius 2 is 1.87 bits per heavy atom. The van der Waals surface area contributed by atoms with E-state index in [1.54, 1.807) is 24.3 Å². The fraction of sp³-hybridized carbons (Fsp3) is 0.0909. The minimum atomic E-state index is -4.39. The molecule has 0 aliphatic heterocycles. The van der Waals surface area contributed by atoms with Crippen molar-refractivity contribution in [1.29, 1.82) is 0 Å². The van der Waals surface area contributed by atoms with Crippen LogP contribution in [0.3, 0.4) is 0 Å². The molecule has 0 fully saturated rings. The third kappa shape index (κ3) is 1.86. The number of hydrogen-bond acceptors (Lipinski definition) is 3. The lowest BCUT2D eigenvalue weighted by atomic mass is 10.1. The van der Waals surface area contributed by atoms with Crippen LogP contribution in [0.4, 0.5) is 0 Å². The van der Waals surface area contributed by atoms with Gasteiger partial charge in [-0.1, -0.05) is 35.9 Å². The average molecular weight is 221 g/mol. The molecule has 78 valence electrons. The summed E-state index contributed by atoms with van der Waals surface area (Å²) in [5.41, 5.74) is 1.03. The van der Waals surface area contributed by atoms with E-state index in [0.717, 1.165) is 10.9 Å². The highest BCUT2D eigenvalue weighted by molar-refractivity contribution is 7.86. The van der Waals surface area contributed by atoms with Gasteiger partial charge in [-0.05, 0) is 23.8 Å². The van der Waals surface area contributed by atoms with Gasteiger partial charge in [-0.25, -0.2) is 8.42 Å². The van der Waals surface area contributed by atoms with E-state index < -0.39 is 10.1 Å². The van der Waals surface area contributed by atoms with Gasteiger partial charge in [-0.2, -0.15) is 0 Å². The predicted molar refractivity (Wildman–Crippen MR) is 56.6 cm³/mol. The van der Waals surface area contributed by atoms with Crippen molar-refractivity contribution in [2.24, 2.45) is 0 Å². The summed E-state index contributed by atoms with van der Waals surface area (Å²) in [6.45, 7) is 1.91. The Kier molecular flexibility index (Phi) is 2.25. The predicted octanol–water partition coefficient (Wildman–Crippen LogP) is 2.05. The van der Waals surface area contributed by atoms with Crippen molar-refractivity contribution < 1.29 is 13.0 Å². The van der Waals surface area contributed by atoms with E-state index in [1.807, 2.05) is 13.0 Å². The molecule has 4 heteroatoms. The molecule has 2 aromatic carbocycles. The normalized spacial score (nSPS) is 11.9. The van der Waals surface area contributed by atoms with Crippen LogP contribution >= 0.6 is 0 Å². The van der Waals surface area contributed by atoms with Gasteiger partial charge in [0.25, 0.3) is 0 Å². The first-order valence-electron chi connectivity index (χ1n) is 4.44. The van der Waals surface area contributed by atoms with Crippen LogP contribution in [0.1, 0.15) is 5.56 Å². The summed E-state index contributed by atoms with van der Waals surface area (Å²) in [5, 5.41) is 1.25. The Morgan fingerprint density at radius 1 is 1.13 bits per heavy atom. The van der Waals surface area contributed by atoms with E-state index in [0.29, 0.717) is 5.39 Å². The van der Waals surface area contributed by atoms with E-state index in [-0.39, 0.29) is 4.90 Å². The zero-order chi connectivity index (χ0) is 11.1. The van der Waals surface area contributed by atoms with Crippen molar-refractivity contribution in [3.63, 3.8) is 0 Å². The standard InChI is InChI=1S/C11H10O3S/c1-8-5-6-10-9(7-8)3-2-4-11(10)15(12,13)14/h2-7H,1H3,(H,12,13,14)/p-1. The third-order valence-electron chi connectivity index (χ3n) is 2.27. The minimum Gasteiger partial charge on any atom is -0.744 e. The molecule has 0 spiro atoms. The van der Waals surface area contributed by atoms with E-state index in [2.05, 4.69) is 0 Å². The lowest BCUT2D eigenvalue weighted by Gasteiger charge is -2.10. The van der Waals surface area contributed by atoms with Crippen molar-refractivity contribution >= 4 is 20.9 Å². The van der Waals surface area contributed by atoms with E-state index in [4.69, 9.17) is 0 Å². The number of rotatable bonds is 1. The first-order chi connectivity index (χ1) is 6.98. The van der Waals surface area contributed by atoms with Gasteiger partial charge in [0.2, 0.25) is 0 Å². The molecule has 0 saturated heterocycles. The Bertz CT molecular complexity index is 615. The van der Waals surface area contributed by atoms with Gasteiger partial charge in [-0.3, -0.25) is 0 Å². The molecule has 0 N–H and O–H groups in total. The van der Waals surface area contributed by atoms with Crippen molar-refractivity contribution in [2.75, 3.05) is 0 Å². The summed E-state index contributed by atoms with van der Waals surface area (Å²) >= 11 is 0. The SMILES string of the molecule is Cc1ccc2c(S(=O)(=O)[O-])cccc2c1. The van der Waals surface area contributed by atoms with Crippen LogP contribution in [0.5, 0.6) is 0 Å². The van der Waals surface area contributed by atoms with Crippen LogP contribution in [0.2, 0.25) is 0 Å². The van der Waals surface area contributed by atoms with E-state index >= 15 is 0 Å². The van der Waals surface area contributed by atoms with Crippen LogP contribution in [-0.4, -0.2) is 13.0 Å². The highest BCUT2D eigenvalue weighted by Crippen LogP contribution is 2.23. The fourth-order valence-corrected chi connectivity index (χ4v) is 2.29. The molecule has 0 heterocycles. The summed E-state index contributed by atoms with van der Waals surface area (Å²) in [7, 11) is -4.39. The zero-order valence-corrected chi connectivity index (χ0v) is 8.91. The maximum absolute atomic E-state index is 11.0. The lowest BCUT2D eigenvalue weighted by Crippen LogP contribution is -1.99. The van der Waals surface area contributed by atoms with E-state index in [1.165, 1.54) is 6.07 Å². The number of aryl methyl sites for hydroxylation is 1. The molecular weight excluding hydrogens is 212 g/mol. The molecule has 0 unspecified atom stereocenters. The maximum Gasteiger partial charge on any atom is 0.125 e. The third-order valence-corrected chi connectivity index (χ3v) is 3.16. The molecule has 3 nitrogen and oxygen atoms in total. The zero-order valence-electron chi connectivity index (χ0n) is 8.10. The molecule has 0 atom stereocenters. The Hall–Kier alpha value is -1.39. The summed E-state index contributed by atoms with van der Waals surface area (Å²) in [5.74, 6) is 0. The van der Waals surface area contributed by atoms with Gasteiger partial charge in [0, 0.05) is 0 Å². The minimum absolute atomic E-state index is 0.153. The number of benzene rings is 2. The molecule has 0 amide bonds. The van der Waals surface area contributed by atoms with Crippen LogP contribution in [0.15, 0.2) is 41.3 Å². The second-order valence-electron chi connectivity index (χ2n) is 3.43. The monoisotopic (exact) mass is 221 g/mol. The van der Waals surface area contributed by atoms with Crippen LogP contribution < -0.4 is 0 Å². The Labute approximate surface area is 88.1 Å². The lowest BCUT2D eigenvalue weighted by molar-refractivity contribution is 0.464. The molecule has 0 radical (unpaired) electrons. The molecule has 0 saturated carbocycles. The second-order valence-corrected chi connectivity index (χ2v) is 4.78. The molecule has 0 bridgehead atoms. The molecule has 0 aliphatic carbocycles. The molecule has 0 aliphatic rings. The van der Waals surface area contributed by atoms with Crippen molar-refractivity contribution in [1.82, 2.24) is 0 Å². The summed E-state index contributed by atoms with van der Waals surface area (Å²) in [6.07, 6.45) is 0. The summed E-state index contributed by atoms with van der Waals surface area (Å²) < 4.78 is 32.9. The quantitative estimate of drug-likeness (QED) is 0.692. The highest BCUT2D eigenvalue weighted by Gasteiger charge is 2.06. The molecular formula is C11H9O3S-. The van der Waals surface area contributed by atoms with Crippen LogP contribution in [-0.2, 0) is 10.1 Å². The van der Waals surface area contributed by atoms with E-state index in [9.17, 15) is 13.0 Å². The first-order valence-corrected chi connectivity index (χ1v) is 5.84. The van der Waals surface area contributed by atoms with Crippen molar-refractivity contribution in [3.05, 3.63) is 42.0 Å². The highest BCUT2D eigenvalue weighted by atomic mass is 32.2. The van der Waals surface area contributed by atoms with Crippen LogP contribution in [0.25, 0.3) is 10.8 Å². The van der Waals surface area contributed by atoms with Gasteiger partial charge in [0.05, 0.1) is 4.90 Å². The number of fused-ring (bicyclic) bond motifs is 1. The van der Waals surface area contributed by atoms with Crippen LogP contribution in [0, 0.1) is 6.92 Å². The molecule has 2 aromatic rings. The number of hydrogen-bond donors (Lipinski definition) is 0. The van der Waals surface area contributed by atoms with Gasteiger partial charge in [0.1, 0.15) is 10.1 Å². The summed E-state index contributed by atoms with van der Waals surface area (Å²) in [6, 6.07) is 10.0. The topological polar surface area (TPSA) is 57.2 Å². The Balaban J connectivity index is 2.89. The molecule has 2 rings (SSSR count).